The molecule has 1 aliphatic rings. The zero-order valence-corrected chi connectivity index (χ0v) is 13.4. The van der Waals surface area contributed by atoms with Crippen LogP contribution >= 0.6 is 0 Å². The van der Waals surface area contributed by atoms with E-state index in [0.29, 0.717) is 18.2 Å². The minimum absolute atomic E-state index is 0.325. The van der Waals surface area contributed by atoms with Crippen LogP contribution in [0.1, 0.15) is 12.5 Å². The van der Waals surface area contributed by atoms with Crippen LogP contribution in [-0.4, -0.2) is 52.8 Å². The molecule has 0 unspecified atom stereocenters. The molecule has 6 nitrogen and oxygen atoms in total. The molecule has 0 spiro atoms. The Labute approximate surface area is 136 Å². The summed E-state index contributed by atoms with van der Waals surface area (Å²) in [5, 5.41) is 9.55. The van der Waals surface area contributed by atoms with Gasteiger partial charge in [-0.15, -0.1) is 0 Å². The van der Waals surface area contributed by atoms with Crippen molar-refractivity contribution in [3.63, 3.8) is 0 Å². The zero-order chi connectivity index (χ0) is 16.1. The minimum Gasteiger partial charge on any atom is -0.508 e. The molecular weight excluding hydrogens is 292 g/mol. The molecule has 0 bridgehead atoms. The number of benzene rings is 1. The summed E-state index contributed by atoms with van der Waals surface area (Å²) in [6.07, 6.45) is 1.56. The van der Waals surface area contributed by atoms with Crippen LogP contribution in [0.3, 0.4) is 0 Å². The molecule has 1 aromatic carbocycles. The smallest absolute Gasteiger partial charge is 0.218 e. The highest BCUT2D eigenvalue weighted by Crippen LogP contribution is 2.19. The van der Waals surface area contributed by atoms with Crippen LogP contribution < -0.4 is 9.64 Å². The second-order valence-corrected chi connectivity index (χ2v) is 5.58. The molecule has 0 radical (unpaired) electrons. The molecule has 0 aliphatic carbocycles. The normalized spacial score (nSPS) is 15.6. The number of phenolic OH excluding ortho intramolecular Hbond substituents is 1. The van der Waals surface area contributed by atoms with E-state index >= 15 is 0 Å². The maximum Gasteiger partial charge on any atom is 0.218 e. The number of ether oxygens (including phenoxy) is 1. The molecule has 1 saturated heterocycles. The first-order chi connectivity index (χ1) is 11.2. The van der Waals surface area contributed by atoms with Crippen molar-refractivity contribution >= 4 is 5.82 Å². The molecule has 2 aromatic rings. The highest BCUT2D eigenvalue weighted by Gasteiger charge is 2.18. The van der Waals surface area contributed by atoms with Gasteiger partial charge in [0.1, 0.15) is 17.9 Å². The number of aromatic nitrogens is 2. The van der Waals surface area contributed by atoms with Crippen molar-refractivity contribution in [2.45, 2.75) is 13.5 Å². The van der Waals surface area contributed by atoms with Gasteiger partial charge in [0, 0.05) is 38.8 Å². The van der Waals surface area contributed by atoms with Gasteiger partial charge in [-0.05, 0) is 24.6 Å². The molecule has 1 fully saturated rings. The molecule has 2 heterocycles. The summed E-state index contributed by atoms with van der Waals surface area (Å²) in [6.45, 7) is 7.17. The molecule has 23 heavy (non-hydrogen) atoms. The van der Waals surface area contributed by atoms with Crippen molar-refractivity contribution in [1.29, 1.82) is 0 Å². The van der Waals surface area contributed by atoms with E-state index < -0.39 is 0 Å². The minimum atomic E-state index is 0.325. The third-order valence-corrected chi connectivity index (χ3v) is 3.93. The lowest BCUT2D eigenvalue weighted by atomic mass is 10.2. The topological polar surface area (TPSA) is 61.7 Å². The average Bonchev–Trinajstić information content (AvgIpc) is 2.56. The van der Waals surface area contributed by atoms with Crippen molar-refractivity contribution in [3.8, 4) is 11.6 Å². The Kier molecular flexibility index (Phi) is 4.92. The van der Waals surface area contributed by atoms with Crippen LogP contribution in [0.5, 0.6) is 11.6 Å². The van der Waals surface area contributed by atoms with Crippen LogP contribution in [0.4, 0.5) is 5.82 Å². The quantitative estimate of drug-likeness (QED) is 0.909. The number of hydrogen-bond acceptors (Lipinski definition) is 6. The Balaban J connectivity index is 1.57. The fourth-order valence-corrected chi connectivity index (χ4v) is 2.78. The van der Waals surface area contributed by atoms with E-state index in [9.17, 15) is 5.11 Å². The first-order valence-corrected chi connectivity index (χ1v) is 7.94. The number of hydrogen-bond donors (Lipinski definition) is 1. The molecule has 0 atom stereocenters. The summed E-state index contributed by atoms with van der Waals surface area (Å²) in [6, 6.07) is 9.36. The zero-order valence-electron chi connectivity index (χ0n) is 13.4. The molecule has 6 heteroatoms. The predicted octanol–water partition coefficient (Wildman–Crippen LogP) is 1.90. The van der Waals surface area contributed by atoms with E-state index in [2.05, 4.69) is 19.8 Å². The van der Waals surface area contributed by atoms with E-state index in [0.717, 1.165) is 44.1 Å². The number of nitrogens with zero attached hydrogens (tertiary/aromatic N) is 4. The maximum atomic E-state index is 9.55. The fraction of sp³-hybridized carbons (Fsp3) is 0.412. The molecule has 1 N–H and O–H groups in total. The number of aromatic hydroxyl groups is 1. The van der Waals surface area contributed by atoms with Gasteiger partial charge in [0.15, 0.2) is 0 Å². The third kappa shape index (κ3) is 4.10. The summed E-state index contributed by atoms with van der Waals surface area (Å²) in [7, 11) is 0. The number of piperazine rings is 1. The lowest BCUT2D eigenvalue weighted by molar-refractivity contribution is 0.249. The van der Waals surface area contributed by atoms with Crippen LogP contribution in [-0.2, 0) is 6.54 Å². The van der Waals surface area contributed by atoms with E-state index in [4.69, 9.17) is 4.74 Å². The van der Waals surface area contributed by atoms with Gasteiger partial charge >= 0.3 is 0 Å². The highest BCUT2D eigenvalue weighted by atomic mass is 16.5. The first kappa shape index (κ1) is 15.6. The SMILES string of the molecule is CCOc1cc(N2CCN(Cc3cccc(O)c3)CC2)ncn1. The Morgan fingerprint density at radius 3 is 2.70 bits per heavy atom. The van der Waals surface area contributed by atoms with Crippen LogP contribution in [0.25, 0.3) is 0 Å². The van der Waals surface area contributed by atoms with Crippen molar-refractivity contribution in [2.75, 3.05) is 37.7 Å². The lowest BCUT2D eigenvalue weighted by Gasteiger charge is -2.35. The first-order valence-electron chi connectivity index (χ1n) is 7.94. The van der Waals surface area contributed by atoms with Gasteiger partial charge in [-0.1, -0.05) is 12.1 Å². The summed E-state index contributed by atoms with van der Waals surface area (Å²) in [4.78, 5) is 13.1. The summed E-state index contributed by atoms with van der Waals surface area (Å²) >= 11 is 0. The van der Waals surface area contributed by atoms with Crippen LogP contribution in [0.15, 0.2) is 36.7 Å². The maximum absolute atomic E-state index is 9.55. The molecular formula is C17H22N4O2. The lowest BCUT2D eigenvalue weighted by Crippen LogP contribution is -2.46. The molecule has 1 aromatic heterocycles. The largest absolute Gasteiger partial charge is 0.508 e. The second kappa shape index (κ2) is 7.28. The third-order valence-electron chi connectivity index (χ3n) is 3.93. The van der Waals surface area contributed by atoms with Gasteiger partial charge in [0.05, 0.1) is 6.61 Å². The van der Waals surface area contributed by atoms with Gasteiger partial charge in [-0.2, -0.15) is 0 Å². The summed E-state index contributed by atoms with van der Waals surface area (Å²) in [5.41, 5.74) is 1.14. The predicted molar refractivity (Wildman–Crippen MR) is 88.8 cm³/mol. The Morgan fingerprint density at radius 2 is 1.96 bits per heavy atom. The Morgan fingerprint density at radius 1 is 1.13 bits per heavy atom. The molecule has 122 valence electrons. The van der Waals surface area contributed by atoms with Crippen LogP contribution in [0.2, 0.25) is 0 Å². The summed E-state index contributed by atoms with van der Waals surface area (Å²) in [5.74, 6) is 1.87. The van der Waals surface area contributed by atoms with E-state index in [1.54, 1.807) is 12.4 Å². The average molecular weight is 314 g/mol. The van der Waals surface area contributed by atoms with Crippen LogP contribution in [0, 0.1) is 0 Å². The van der Waals surface area contributed by atoms with Crippen molar-refractivity contribution in [3.05, 3.63) is 42.2 Å². The molecule has 0 amide bonds. The second-order valence-electron chi connectivity index (χ2n) is 5.58. The van der Waals surface area contributed by atoms with Gasteiger partial charge < -0.3 is 14.7 Å². The number of anilines is 1. The van der Waals surface area contributed by atoms with Gasteiger partial charge in [0.25, 0.3) is 0 Å². The van der Waals surface area contributed by atoms with E-state index in [1.807, 2.05) is 31.2 Å². The Bertz CT molecular complexity index is 642. The highest BCUT2D eigenvalue weighted by molar-refractivity contribution is 5.41. The van der Waals surface area contributed by atoms with Crippen molar-refractivity contribution < 1.29 is 9.84 Å². The van der Waals surface area contributed by atoms with Crippen molar-refractivity contribution in [2.24, 2.45) is 0 Å². The molecule has 0 saturated carbocycles. The molecule has 3 rings (SSSR count). The fourth-order valence-electron chi connectivity index (χ4n) is 2.78. The van der Waals surface area contributed by atoms with Gasteiger partial charge in [0.2, 0.25) is 5.88 Å². The van der Waals surface area contributed by atoms with E-state index in [1.165, 1.54) is 0 Å². The summed E-state index contributed by atoms with van der Waals surface area (Å²) < 4.78 is 5.44. The number of rotatable bonds is 5. The van der Waals surface area contributed by atoms with Gasteiger partial charge in [-0.25, -0.2) is 9.97 Å². The monoisotopic (exact) mass is 314 g/mol. The number of phenols is 1. The molecule has 1 aliphatic heterocycles. The Hall–Kier alpha value is -2.34. The van der Waals surface area contributed by atoms with Crippen molar-refractivity contribution in [1.82, 2.24) is 14.9 Å². The standard InChI is InChI=1S/C17H22N4O2/c1-2-23-17-11-16(18-13-19-17)21-8-6-20(7-9-21)12-14-4-3-5-15(22)10-14/h3-5,10-11,13,22H,2,6-9,12H2,1H3. The van der Waals surface area contributed by atoms with E-state index in [-0.39, 0.29) is 0 Å². The van der Waals surface area contributed by atoms with Gasteiger partial charge in [-0.3, -0.25) is 4.90 Å².